The van der Waals surface area contributed by atoms with Crippen molar-refractivity contribution in [3.63, 3.8) is 0 Å². The lowest BCUT2D eigenvalue weighted by Gasteiger charge is -2.13. The SMILES string of the molecule is COc1cc(/C=C2/SC(=O)N(Cc3ccccc3Cl)C2=O)ccc1Oc1ccc([N+](=O)[O-])cn1. The normalized spacial score (nSPS) is 14.5. The van der Waals surface area contributed by atoms with Gasteiger partial charge in [-0.15, -0.1) is 0 Å². The van der Waals surface area contributed by atoms with Crippen molar-refractivity contribution in [2.24, 2.45) is 0 Å². The van der Waals surface area contributed by atoms with Gasteiger partial charge in [-0.2, -0.15) is 0 Å². The van der Waals surface area contributed by atoms with Crippen molar-refractivity contribution < 1.29 is 24.0 Å². The summed E-state index contributed by atoms with van der Waals surface area (Å²) in [5.41, 5.74) is 1.14. The molecule has 2 amide bonds. The number of benzene rings is 2. The number of nitrogens with zero attached hydrogens (tertiary/aromatic N) is 3. The van der Waals surface area contributed by atoms with E-state index in [0.29, 0.717) is 27.6 Å². The quantitative estimate of drug-likeness (QED) is 0.233. The highest BCUT2D eigenvalue weighted by Crippen LogP contribution is 2.36. The van der Waals surface area contributed by atoms with E-state index < -0.39 is 10.8 Å². The van der Waals surface area contributed by atoms with Gasteiger partial charge < -0.3 is 9.47 Å². The van der Waals surface area contributed by atoms with Gasteiger partial charge in [0.05, 0.1) is 23.5 Å². The van der Waals surface area contributed by atoms with Crippen molar-refractivity contribution in [2.75, 3.05) is 7.11 Å². The maximum Gasteiger partial charge on any atom is 0.293 e. The van der Waals surface area contributed by atoms with Gasteiger partial charge in [-0.05, 0) is 47.2 Å². The number of thioether (sulfide) groups is 1. The molecule has 34 heavy (non-hydrogen) atoms. The molecule has 9 nitrogen and oxygen atoms in total. The van der Waals surface area contributed by atoms with Crippen LogP contribution >= 0.6 is 23.4 Å². The van der Waals surface area contributed by atoms with Crippen LogP contribution in [0.5, 0.6) is 17.4 Å². The Morgan fingerprint density at radius 1 is 1.15 bits per heavy atom. The Bertz CT molecular complexity index is 1310. The van der Waals surface area contributed by atoms with E-state index in [9.17, 15) is 19.7 Å². The van der Waals surface area contributed by atoms with Crippen LogP contribution in [0.25, 0.3) is 6.08 Å². The minimum atomic E-state index is -0.553. The van der Waals surface area contributed by atoms with Gasteiger partial charge >= 0.3 is 0 Å². The standard InChI is InChI=1S/C23H16ClN3O6S/c1-32-19-10-14(6-8-18(19)33-21-9-7-16(12-25-21)27(30)31)11-20-22(28)26(23(29)34-20)13-15-4-2-3-5-17(15)24/h2-12H,13H2,1H3/b20-11+. The number of amides is 2. The van der Waals surface area contributed by atoms with Crippen LogP contribution in [0.3, 0.4) is 0 Å². The Morgan fingerprint density at radius 3 is 2.62 bits per heavy atom. The van der Waals surface area contributed by atoms with Gasteiger partial charge in [0.15, 0.2) is 11.5 Å². The van der Waals surface area contributed by atoms with Crippen molar-refractivity contribution >= 4 is 46.3 Å². The molecule has 172 valence electrons. The van der Waals surface area contributed by atoms with E-state index in [4.69, 9.17) is 21.1 Å². The summed E-state index contributed by atoms with van der Waals surface area (Å²) in [6.45, 7) is 0.0833. The number of hydrogen-bond donors (Lipinski definition) is 0. The molecule has 0 unspecified atom stereocenters. The van der Waals surface area contributed by atoms with Crippen molar-refractivity contribution in [3.8, 4) is 17.4 Å². The Hall–Kier alpha value is -3.89. The fourth-order valence-corrected chi connectivity index (χ4v) is 4.13. The highest BCUT2D eigenvalue weighted by Gasteiger charge is 2.35. The lowest BCUT2D eigenvalue weighted by atomic mass is 10.1. The number of aromatic nitrogens is 1. The van der Waals surface area contributed by atoms with E-state index in [1.165, 1.54) is 19.2 Å². The largest absolute Gasteiger partial charge is 0.493 e. The molecule has 0 spiro atoms. The van der Waals surface area contributed by atoms with Crippen molar-refractivity contribution in [3.05, 3.63) is 92.0 Å². The van der Waals surface area contributed by atoms with Gasteiger partial charge in [-0.25, -0.2) is 4.98 Å². The van der Waals surface area contributed by atoms with Crippen molar-refractivity contribution in [1.29, 1.82) is 0 Å². The topological polar surface area (TPSA) is 112 Å². The number of pyridine rings is 1. The summed E-state index contributed by atoms with van der Waals surface area (Å²) in [5, 5.41) is 10.9. The molecular weight excluding hydrogens is 482 g/mol. The molecule has 0 atom stereocenters. The van der Waals surface area contributed by atoms with E-state index in [2.05, 4.69) is 4.98 Å². The van der Waals surface area contributed by atoms with Crippen LogP contribution in [0.2, 0.25) is 5.02 Å². The van der Waals surface area contributed by atoms with Crippen molar-refractivity contribution in [1.82, 2.24) is 9.88 Å². The van der Waals surface area contributed by atoms with Crippen LogP contribution in [0, 0.1) is 10.1 Å². The lowest BCUT2D eigenvalue weighted by Crippen LogP contribution is -2.27. The van der Waals surface area contributed by atoms with Crippen molar-refractivity contribution in [2.45, 2.75) is 6.54 Å². The first-order chi connectivity index (χ1) is 16.4. The molecule has 3 aromatic rings. The lowest BCUT2D eigenvalue weighted by molar-refractivity contribution is -0.385. The van der Waals surface area contributed by atoms with Crippen LogP contribution in [0.4, 0.5) is 10.5 Å². The second-order valence-corrected chi connectivity index (χ2v) is 8.38. The molecule has 2 heterocycles. The fourth-order valence-electron chi connectivity index (χ4n) is 3.10. The van der Waals surface area contributed by atoms with E-state index in [-0.39, 0.29) is 28.3 Å². The summed E-state index contributed by atoms with van der Waals surface area (Å²) >= 11 is 7.01. The second kappa shape index (κ2) is 9.94. The summed E-state index contributed by atoms with van der Waals surface area (Å²) in [5.74, 6) is 0.415. The van der Waals surface area contributed by atoms with Gasteiger partial charge in [-0.1, -0.05) is 35.9 Å². The van der Waals surface area contributed by atoms with E-state index in [1.54, 1.807) is 48.5 Å². The molecule has 2 aromatic carbocycles. The highest BCUT2D eigenvalue weighted by atomic mass is 35.5. The zero-order valence-corrected chi connectivity index (χ0v) is 19.2. The molecule has 1 fully saturated rings. The first-order valence-corrected chi connectivity index (χ1v) is 11.0. The number of rotatable bonds is 7. The summed E-state index contributed by atoms with van der Waals surface area (Å²) in [6, 6.07) is 14.6. The summed E-state index contributed by atoms with van der Waals surface area (Å²) in [4.78, 5) is 40.8. The molecule has 0 radical (unpaired) electrons. The van der Waals surface area contributed by atoms with Crippen LogP contribution in [-0.4, -0.2) is 33.1 Å². The number of halogens is 1. The zero-order chi connectivity index (χ0) is 24.2. The van der Waals surface area contributed by atoms with E-state index in [0.717, 1.165) is 22.9 Å². The van der Waals surface area contributed by atoms with Gasteiger partial charge in [0.25, 0.3) is 16.8 Å². The maximum absolute atomic E-state index is 12.8. The predicted octanol–water partition coefficient (Wildman–Crippen LogP) is 5.68. The molecule has 1 aliphatic heterocycles. The van der Waals surface area contributed by atoms with Crippen LogP contribution in [0.1, 0.15) is 11.1 Å². The third-order valence-corrected chi connectivity index (χ3v) is 6.07. The molecule has 4 rings (SSSR count). The second-order valence-electron chi connectivity index (χ2n) is 6.98. The average molecular weight is 498 g/mol. The number of imide groups is 1. The zero-order valence-electron chi connectivity index (χ0n) is 17.6. The molecule has 0 N–H and O–H groups in total. The maximum atomic E-state index is 12.8. The van der Waals surface area contributed by atoms with Crippen LogP contribution < -0.4 is 9.47 Å². The Labute approximate surface area is 203 Å². The molecule has 0 aliphatic carbocycles. The smallest absolute Gasteiger partial charge is 0.293 e. The molecule has 1 aliphatic rings. The minimum absolute atomic E-state index is 0.0833. The third kappa shape index (κ3) is 5.03. The van der Waals surface area contributed by atoms with E-state index in [1.807, 2.05) is 0 Å². The molecule has 0 bridgehead atoms. The van der Waals surface area contributed by atoms with Crippen LogP contribution in [-0.2, 0) is 11.3 Å². The summed E-state index contributed by atoms with van der Waals surface area (Å²) in [7, 11) is 1.45. The monoisotopic (exact) mass is 497 g/mol. The van der Waals surface area contributed by atoms with Gasteiger partial charge in [0.2, 0.25) is 5.88 Å². The molecular formula is C23H16ClN3O6S. The number of methoxy groups -OCH3 is 1. The minimum Gasteiger partial charge on any atom is -0.493 e. The first-order valence-electron chi connectivity index (χ1n) is 9.81. The molecule has 1 aromatic heterocycles. The number of ether oxygens (including phenoxy) is 2. The predicted molar refractivity (Wildman–Crippen MR) is 127 cm³/mol. The Kier molecular flexibility index (Phi) is 6.80. The molecule has 1 saturated heterocycles. The van der Waals surface area contributed by atoms with Gasteiger partial charge in [0, 0.05) is 17.2 Å². The average Bonchev–Trinajstić information content (AvgIpc) is 3.09. The summed E-state index contributed by atoms with van der Waals surface area (Å²) in [6.07, 6.45) is 2.68. The van der Waals surface area contributed by atoms with E-state index >= 15 is 0 Å². The number of nitro groups is 1. The molecule has 0 saturated carbocycles. The summed E-state index contributed by atoms with van der Waals surface area (Å²) < 4.78 is 11.0. The van der Waals surface area contributed by atoms with Crippen LogP contribution in [0.15, 0.2) is 65.7 Å². The number of carbonyl (C=O) groups excluding carboxylic acids is 2. The van der Waals surface area contributed by atoms with Gasteiger partial charge in [0.1, 0.15) is 6.20 Å². The first kappa shape index (κ1) is 23.3. The fraction of sp³-hybridized carbons (Fsp3) is 0.0870. The number of carbonyl (C=O) groups is 2. The molecule has 11 heteroatoms. The Balaban J connectivity index is 1.52. The number of hydrogen-bond acceptors (Lipinski definition) is 8. The van der Waals surface area contributed by atoms with Gasteiger partial charge in [-0.3, -0.25) is 24.6 Å². The Morgan fingerprint density at radius 2 is 1.94 bits per heavy atom. The highest BCUT2D eigenvalue weighted by molar-refractivity contribution is 8.18. The third-order valence-electron chi connectivity index (χ3n) is 4.79.